The molecule has 158 valence electrons. The molecule has 1 N–H and O–H groups in total. The highest BCUT2D eigenvalue weighted by Gasteiger charge is 2.16. The SMILES string of the molecule is Cn1c(=O)c2c(ncn2CC(=O)NCc2ccc(N3CCOCC3)nc2)n(C)c1=O. The predicted octanol–water partition coefficient (Wildman–Crippen LogP) is -1.02. The van der Waals surface area contributed by atoms with E-state index in [-0.39, 0.29) is 23.6 Å². The van der Waals surface area contributed by atoms with Crippen LogP contribution in [0.25, 0.3) is 11.2 Å². The van der Waals surface area contributed by atoms with Crippen LogP contribution in [0.15, 0.2) is 34.2 Å². The molecular formula is C19H23N7O4. The number of aryl methyl sites for hydroxylation is 1. The zero-order valence-corrected chi connectivity index (χ0v) is 16.9. The van der Waals surface area contributed by atoms with Crippen LogP contribution in [0.1, 0.15) is 5.56 Å². The predicted molar refractivity (Wildman–Crippen MR) is 109 cm³/mol. The van der Waals surface area contributed by atoms with E-state index in [2.05, 4.69) is 20.2 Å². The van der Waals surface area contributed by atoms with E-state index in [1.54, 1.807) is 6.20 Å². The van der Waals surface area contributed by atoms with Crippen LogP contribution in [-0.2, 0) is 36.7 Å². The van der Waals surface area contributed by atoms with Gasteiger partial charge in [-0.1, -0.05) is 6.07 Å². The van der Waals surface area contributed by atoms with Gasteiger partial charge >= 0.3 is 5.69 Å². The molecule has 0 unspecified atom stereocenters. The molecule has 1 aliphatic rings. The van der Waals surface area contributed by atoms with Crippen LogP contribution in [0.3, 0.4) is 0 Å². The topological polar surface area (TPSA) is 116 Å². The molecule has 11 heteroatoms. The lowest BCUT2D eigenvalue weighted by molar-refractivity contribution is -0.121. The van der Waals surface area contributed by atoms with Crippen molar-refractivity contribution in [3.05, 3.63) is 51.1 Å². The van der Waals surface area contributed by atoms with Crippen molar-refractivity contribution in [2.75, 3.05) is 31.2 Å². The van der Waals surface area contributed by atoms with E-state index in [4.69, 9.17) is 4.74 Å². The first-order valence-electron chi connectivity index (χ1n) is 9.61. The quantitative estimate of drug-likeness (QED) is 0.569. The average molecular weight is 413 g/mol. The number of anilines is 1. The maximum Gasteiger partial charge on any atom is 0.332 e. The summed E-state index contributed by atoms with van der Waals surface area (Å²) in [6.45, 7) is 3.25. The van der Waals surface area contributed by atoms with Gasteiger partial charge in [-0.2, -0.15) is 0 Å². The van der Waals surface area contributed by atoms with Gasteiger partial charge < -0.3 is 19.5 Å². The Morgan fingerprint density at radius 2 is 1.90 bits per heavy atom. The Morgan fingerprint density at radius 1 is 1.13 bits per heavy atom. The van der Waals surface area contributed by atoms with Gasteiger partial charge in [-0.15, -0.1) is 0 Å². The number of fused-ring (bicyclic) bond motifs is 1. The minimum atomic E-state index is -0.485. The Labute approximate surface area is 171 Å². The van der Waals surface area contributed by atoms with Crippen molar-refractivity contribution in [3.63, 3.8) is 0 Å². The van der Waals surface area contributed by atoms with E-state index in [0.29, 0.717) is 19.8 Å². The van der Waals surface area contributed by atoms with E-state index >= 15 is 0 Å². The summed E-state index contributed by atoms with van der Waals surface area (Å²) in [6.07, 6.45) is 3.13. The molecule has 0 bridgehead atoms. The number of pyridine rings is 1. The number of ether oxygens (including phenoxy) is 1. The van der Waals surface area contributed by atoms with E-state index < -0.39 is 11.2 Å². The molecule has 0 saturated carbocycles. The molecule has 0 aromatic carbocycles. The van der Waals surface area contributed by atoms with Crippen LogP contribution in [0.4, 0.5) is 5.82 Å². The van der Waals surface area contributed by atoms with Gasteiger partial charge in [0, 0.05) is 39.9 Å². The minimum absolute atomic E-state index is 0.0801. The monoisotopic (exact) mass is 413 g/mol. The maximum atomic E-state index is 12.4. The van der Waals surface area contributed by atoms with Crippen molar-refractivity contribution in [1.82, 2.24) is 29.0 Å². The molecule has 0 spiro atoms. The fraction of sp³-hybridized carbons (Fsp3) is 0.421. The summed E-state index contributed by atoms with van der Waals surface area (Å²) in [4.78, 5) is 47.6. The lowest BCUT2D eigenvalue weighted by atomic mass is 10.2. The number of morpholine rings is 1. The number of rotatable bonds is 5. The highest BCUT2D eigenvalue weighted by atomic mass is 16.5. The normalized spacial score (nSPS) is 14.3. The number of aromatic nitrogens is 5. The summed E-state index contributed by atoms with van der Waals surface area (Å²) in [6, 6.07) is 3.86. The summed E-state index contributed by atoms with van der Waals surface area (Å²) < 4.78 is 9.08. The third-order valence-corrected chi connectivity index (χ3v) is 5.17. The molecule has 1 fully saturated rings. The van der Waals surface area contributed by atoms with Crippen LogP contribution < -0.4 is 21.5 Å². The Bertz CT molecular complexity index is 1190. The Hall–Kier alpha value is -3.47. The lowest BCUT2D eigenvalue weighted by Gasteiger charge is -2.27. The largest absolute Gasteiger partial charge is 0.378 e. The van der Waals surface area contributed by atoms with Crippen LogP contribution in [0.2, 0.25) is 0 Å². The number of nitrogens with one attached hydrogen (secondary N) is 1. The molecule has 1 amide bonds. The molecule has 0 radical (unpaired) electrons. The van der Waals surface area contributed by atoms with Crippen LogP contribution in [0.5, 0.6) is 0 Å². The van der Waals surface area contributed by atoms with Gasteiger partial charge in [0.05, 0.1) is 19.5 Å². The molecule has 3 aromatic rings. The molecule has 30 heavy (non-hydrogen) atoms. The van der Waals surface area contributed by atoms with E-state index in [1.165, 1.54) is 29.6 Å². The fourth-order valence-electron chi connectivity index (χ4n) is 3.43. The van der Waals surface area contributed by atoms with Gasteiger partial charge in [0.15, 0.2) is 11.2 Å². The van der Waals surface area contributed by atoms with Gasteiger partial charge in [-0.05, 0) is 11.6 Å². The van der Waals surface area contributed by atoms with Crippen molar-refractivity contribution < 1.29 is 9.53 Å². The Kier molecular flexibility index (Phi) is 5.36. The molecule has 4 heterocycles. The lowest BCUT2D eigenvalue weighted by Crippen LogP contribution is -2.38. The minimum Gasteiger partial charge on any atom is -0.378 e. The first-order chi connectivity index (χ1) is 14.5. The zero-order valence-electron chi connectivity index (χ0n) is 16.9. The Morgan fingerprint density at radius 3 is 2.60 bits per heavy atom. The van der Waals surface area contributed by atoms with Gasteiger partial charge in [-0.3, -0.25) is 18.7 Å². The third-order valence-electron chi connectivity index (χ3n) is 5.17. The summed E-state index contributed by atoms with van der Waals surface area (Å²) in [5.74, 6) is 0.613. The molecule has 3 aromatic heterocycles. The second kappa shape index (κ2) is 8.11. The second-order valence-corrected chi connectivity index (χ2v) is 7.15. The Balaban J connectivity index is 1.42. The number of hydrogen-bond acceptors (Lipinski definition) is 7. The summed E-state index contributed by atoms with van der Waals surface area (Å²) in [5, 5.41) is 2.82. The van der Waals surface area contributed by atoms with Crippen molar-refractivity contribution in [2.45, 2.75) is 13.1 Å². The third kappa shape index (κ3) is 3.71. The first kappa shape index (κ1) is 19.8. The maximum absolute atomic E-state index is 12.4. The van der Waals surface area contributed by atoms with E-state index in [1.807, 2.05) is 12.1 Å². The molecular weight excluding hydrogens is 390 g/mol. The average Bonchev–Trinajstić information content (AvgIpc) is 3.19. The molecule has 1 saturated heterocycles. The number of hydrogen-bond donors (Lipinski definition) is 1. The van der Waals surface area contributed by atoms with Crippen molar-refractivity contribution in [1.29, 1.82) is 0 Å². The van der Waals surface area contributed by atoms with Crippen molar-refractivity contribution in [2.24, 2.45) is 14.1 Å². The number of nitrogens with zero attached hydrogens (tertiary/aromatic N) is 6. The molecule has 0 aliphatic carbocycles. The van der Waals surface area contributed by atoms with Crippen molar-refractivity contribution in [3.8, 4) is 0 Å². The number of carbonyl (C=O) groups is 1. The number of carbonyl (C=O) groups excluding carboxylic acids is 1. The fourth-order valence-corrected chi connectivity index (χ4v) is 3.43. The smallest absolute Gasteiger partial charge is 0.332 e. The van der Waals surface area contributed by atoms with Gasteiger partial charge in [0.1, 0.15) is 12.4 Å². The second-order valence-electron chi connectivity index (χ2n) is 7.15. The molecule has 1 aliphatic heterocycles. The number of amides is 1. The van der Waals surface area contributed by atoms with Gasteiger partial charge in [-0.25, -0.2) is 14.8 Å². The van der Waals surface area contributed by atoms with Gasteiger partial charge in [0.2, 0.25) is 5.91 Å². The van der Waals surface area contributed by atoms with E-state index in [0.717, 1.165) is 29.0 Å². The number of imidazole rings is 1. The molecule has 0 atom stereocenters. The molecule has 4 rings (SSSR count). The highest BCUT2D eigenvalue weighted by molar-refractivity contribution is 5.78. The van der Waals surface area contributed by atoms with Crippen molar-refractivity contribution >= 4 is 22.9 Å². The summed E-state index contributed by atoms with van der Waals surface area (Å²) >= 11 is 0. The summed E-state index contributed by atoms with van der Waals surface area (Å²) in [7, 11) is 2.93. The summed E-state index contributed by atoms with van der Waals surface area (Å²) in [5.41, 5.74) is 0.385. The van der Waals surface area contributed by atoms with Crippen LogP contribution in [-0.4, -0.2) is 55.9 Å². The van der Waals surface area contributed by atoms with E-state index in [9.17, 15) is 14.4 Å². The van der Waals surface area contributed by atoms with Crippen LogP contribution in [0, 0.1) is 0 Å². The first-order valence-corrected chi connectivity index (χ1v) is 9.61. The van der Waals surface area contributed by atoms with Gasteiger partial charge in [0.25, 0.3) is 5.56 Å². The van der Waals surface area contributed by atoms with Crippen LogP contribution >= 0.6 is 0 Å². The highest BCUT2D eigenvalue weighted by Crippen LogP contribution is 2.13. The molecule has 11 nitrogen and oxygen atoms in total. The zero-order chi connectivity index (χ0) is 21.3. The standard InChI is InChI=1S/C19H23N7O4/c1-23-17-16(18(28)24(2)19(23)29)26(12-22-17)11-15(27)21-10-13-3-4-14(20-9-13)25-5-7-30-8-6-25/h3-4,9,12H,5-8,10-11H2,1-2H3,(H,21,27).